The van der Waals surface area contributed by atoms with Gasteiger partial charge in [0.25, 0.3) is 0 Å². The predicted molar refractivity (Wildman–Crippen MR) is 84.0 cm³/mol. The van der Waals surface area contributed by atoms with Gasteiger partial charge in [-0.05, 0) is 31.9 Å². The first-order chi connectivity index (χ1) is 9.94. The van der Waals surface area contributed by atoms with E-state index in [0.29, 0.717) is 12.6 Å². The van der Waals surface area contributed by atoms with Gasteiger partial charge in [0.1, 0.15) is 15.7 Å². The molecule has 6 heteroatoms. The molecule has 1 aromatic carbocycles. The van der Waals surface area contributed by atoms with Crippen LogP contribution in [0, 0.1) is 0 Å². The van der Waals surface area contributed by atoms with E-state index in [0.717, 1.165) is 11.3 Å². The van der Waals surface area contributed by atoms with Crippen LogP contribution in [0.1, 0.15) is 31.6 Å². The molecule has 1 saturated carbocycles. The first kappa shape index (κ1) is 14.5. The van der Waals surface area contributed by atoms with E-state index < -0.39 is 9.84 Å². The minimum absolute atomic E-state index is 0.0764. The third kappa shape index (κ3) is 3.44. The molecular weight excluding hydrogens is 286 g/mol. The standard InChI is InChI=1S/C15H21N3O2S/c1-11(10-21(2,19)20)16-9-15-17-13-5-3-4-6-14(13)18(15)12-7-8-12/h3-6,11-12,16H,7-10H2,1-2H3. The summed E-state index contributed by atoms with van der Waals surface area (Å²) in [6, 6.07) is 8.64. The third-order valence-electron chi connectivity index (χ3n) is 3.74. The van der Waals surface area contributed by atoms with E-state index in [1.165, 1.54) is 24.6 Å². The van der Waals surface area contributed by atoms with Crippen LogP contribution >= 0.6 is 0 Å². The summed E-state index contributed by atoms with van der Waals surface area (Å²) in [5, 5.41) is 3.28. The Morgan fingerprint density at radius 2 is 2.10 bits per heavy atom. The number of nitrogens with zero attached hydrogens (tertiary/aromatic N) is 2. The van der Waals surface area contributed by atoms with Gasteiger partial charge < -0.3 is 9.88 Å². The molecule has 0 bridgehead atoms. The number of hydrogen-bond donors (Lipinski definition) is 1. The van der Waals surface area contributed by atoms with Crippen molar-refractivity contribution in [1.29, 1.82) is 0 Å². The SMILES string of the molecule is CC(CS(C)(=O)=O)NCc1nc2ccccc2n1C1CC1. The van der Waals surface area contributed by atoms with Crippen molar-refractivity contribution >= 4 is 20.9 Å². The van der Waals surface area contributed by atoms with Crippen LogP contribution in [-0.4, -0.2) is 36.0 Å². The molecular formula is C15H21N3O2S. The van der Waals surface area contributed by atoms with Gasteiger partial charge in [0.15, 0.2) is 0 Å². The predicted octanol–water partition coefficient (Wildman–Crippen LogP) is 1.89. The van der Waals surface area contributed by atoms with Gasteiger partial charge in [0, 0.05) is 18.3 Å². The maximum atomic E-state index is 11.3. The molecule has 1 unspecified atom stereocenters. The highest BCUT2D eigenvalue weighted by Crippen LogP contribution is 2.38. The second-order valence-electron chi connectivity index (χ2n) is 5.99. The van der Waals surface area contributed by atoms with Crippen molar-refractivity contribution in [2.24, 2.45) is 0 Å². The highest BCUT2D eigenvalue weighted by molar-refractivity contribution is 7.90. The minimum atomic E-state index is -2.96. The van der Waals surface area contributed by atoms with Gasteiger partial charge in [0.05, 0.1) is 23.3 Å². The molecule has 0 spiro atoms. The lowest BCUT2D eigenvalue weighted by atomic mass is 10.3. The molecule has 0 aliphatic heterocycles. The molecule has 114 valence electrons. The molecule has 2 aromatic rings. The summed E-state index contributed by atoms with van der Waals surface area (Å²) in [5.41, 5.74) is 2.18. The molecule has 1 aliphatic rings. The molecule has 1 heterocycles. The van der Waals surface area contributed by atoms with Crippen molar-refractivity contribution in [2.45, 2.75) is 38.4 Å². The minimum Gasteiger partial charge on any atom is -0.324 e. The topological polar surface area (TPSA) is 64.0 Å². The summed E-state index contributed by atoms with van der Waals surface area (Å²) in [6.07, 6.45) is 3.67. The van der Waals surface area contributed by atoms with E-state index in [1.54, 1.807) is 0 Å². The van der Waals surface area contributed by atoms with Gasteiger partial charge in [-0.1, -0.05) is 12.1 Å². The van der Waals surface area contributed by atoms with Crippen molar-refractivity contribution in [2.75, 3.05) is 12.0 Å². The Kier molecular flexibility index (Phi) is 3.75. The van der Waals surface area contributed by atoms with Crippen molar-refractivity contribution in [3.05, 3.63) is 30.1 Å². The molecule has 0 saturated heterocycles. The maximum absolute atomic E-state index is 11.3. The van der Waals surface area contributed by atoms with E-state index >= 15 is 0 Å². The fourth-order valence-electron chi connectivity index (χ4n) is 2.74. The summed E-state index contributed by atoms with van der Waals surface area (Å²) in [5.74, 6) is 1.15. The van der Waals surface area contributed by atoms with Crippen LogP contribution in [0.3, 0.4) is 0 Å². The van der Waals surface area contributed by atoms with Crippen molar-refractivity contribution in [3.63, 3.8) is 0 Å². The van der Waals surface area contributed by atoms with Crippen LogP contribution in [0.2, 0.25) is 0 Å². The normalized spacial score (nSPS) is 17.2. The van der Waals surface area contributed by atoms with E-state index in [1.807, 2.05) is 25.1 Å². The van der Waals surface area contributed by atoms with Crippen LogP contribution in [0.5, 0.6) is 0 Å². The Morgan fingerprint density at radius 1 is 1.38 bits per heavy atom. The molecule has 1 aromatic heterocycles. The van der Waals surface area contributed by atoms with Gasteiger partial charge >= 0.3 is 0 Å². The van der Waals surface area contributed by atoms with E-state index in [9.17, 15) is 8.42 Å². The number of rotatable bonds is 6. The number of para-hydroxylation sites is 2. The molecule has 5 nitrogen and oxygen atoms in total. The second kappa shape index (κ2) is 5.42. The van der Waals surface area contributed by atoms with Crippen molar-refractivity contribution in [1.82, 2.24) is 14.9 Å². The summed E-state index contributed by atoms with van der Waals surface area (Å²) < 4.78 is 24.9. The Morgan fingerprint density at radius 3 is 2.76 bits per heavy atom. The van der Waals surface area contributed by atoms with Crippen LogP contribution in [-0.2, 0) is 16.4 Å². The fourth-order valence-corrected chi connectivity index (χ4v) is 3.76. The third-order valence-corrected chi connectivity index (χ3v) is 4.85. The zero-order chi connectivity index (χ0) is 15.0. The van der Waals surface area contributed by atoms with Crippen LogP contribution in [0.25, 0.3) is 11.0 Å². The number of imidazole rings is 1. The van der Waals surface area contributed by atoms with E-state index in [2.05, 4.69) is 16.0 Å². The molecule has 1 aliphatic carbocycles. The Labute approximate surface area is 125 Å². The average molecular weight is 307 g/mol. The number of aromatic nitrogens is 2. The number of sulfone groups is 1. The smallest absolute Gasteiger partial charge is 0.148 e. The van der Waals surface area contributed by atoms with Crippen LogP contribution < -0.4 is 5.32 Å². The van der Waals surface area contributed by atoms with Crippen molar-refractivity contribution < 1.29 is 8.42 Å². The molecule has 3 rings (SSSR count). The quantitative estimate of drug-likeness (QED) is 0.885. The Balaban J connectivity index is 1.79. The van der Waals surface area contributed by atoms with Crippen molar-refractivity contribution in [3.8, 4) is 0 Å². The van der Waals surface area contributed by atoms with Gasteiger partial charge in [-0.25, -0.2) is 13.4 Å². The highest BCUT2D eigenvalue weighted by Gasteiger charge is 2.28. The highest BCUT2D eigenvalue weighted by atomic mass is 32.2. The fraction of sp³-hybridized carbons (Fsp3) is 0.533. The molecule has 1 atom stereocenters. The van der Waals surface area contributed by atoms with Gasteiger partial charge in [-0.3, -0.25) is 0 Å². The second-order valence-corrected chi connectivity index (χ2v) is 8.18. The lowest BCUT2D eigenvalue weighted by Crippen LogP contribution is -2.33. The summed E-state index contributed by atoms with van der Waals surface area (Å²) >= 11 is 0. The summed E-state index contributed by atoms with van der Waals surface area (Å²) in [7, 11) is -2.96. The zero-order valence-electron chi connectivity index (χ0n) is 12.4. The monoisotopic (exact) mass is 307 g/mol. The summed E-state index contributed by atoms with van der Waals surface area (Å²) in [4.78, 5) is 4.69. The number of hydrogen-bond acceptors (Lipinski definition) is 4. The number of benzene rings is 1. The number of nitrogens with one attached hydrogen (secondary N) is 1. The summed E-state index contributed by atoms with van der Waals surface area (Å²) in [6.45, 7) is 2.49. The first-order valence-corrected chi connectivity index (χ1v) is 9.37. The van der Waals surface area contributed by atoms with Crippen LogP contribution in [0.15, 0.2) is 24.3 Å². The van der Waals surface area contributed by atoms with E-state index in [4.69, 9.17) is 4.98 Å². The Hall–Kier alpha value is -1.40. The average Bonchev–Trinajstić information content (AvgIpc) is 3.15. The largest absolute Gasteiger partial charge is 0.324 e. The molecule has 1 fully saturated rings. The van der Waals surface area contributed by atoms with Crippen LogP contribution in [0.4, 0.5) is 0 Å². The van der Waals surface area contributed by atoms with E-state index in [-0.39, 0.29) is 11.8 Å². The Bertz CT molecular complexity index is 747. The zero-order valence-corrected chi connectivity index (χ0v) is 13.2. The van der Waals surface area contributed by atoms with Gasteiger partial charge in [0.2, 0.25) is 0 Å². The lowest BCUT2D eigenvalue weighted by molar-refractivity contribution is 0.539. The lowest BCUT2D eigenvalue weighted by Gasteiger charge is -2.13. The van der Waals surface area contributed by atoms with Gasteiger partial charge in [-0.15, -0.1) is 0 Å². The molecule has 0 radical (unpaired) electrons. The molecule has 21 heavy (non-hydrogen) atoms. The number of fused-ring (bicyclic) bond motifs is 1. The first-order valence-electron chi connectivity index (χ1n) is 7.31. The molecule has 0 amide bonds. The molecule has 1 N–H and O–H groups in total. The maximum Gasteiger partial charge on any atom is 0.148 e. The van der Waals surface area contributed by atoms with Gasteiger partial charge in [-0.2, -0.15) is 0 Å².